The summed E-state index contributed by atoms with van der Waals surface area (Å²) in [7, 11) is 1.59. The van der Waals surface area contributed by atoms with Crippen LogP contribution in [0.2, 0.25) is 0 Å². The van der Waals surface area contributed by atoms with Crippen molar-refractivity contribution in [2.75, 3.05) is 7.11 Å². The molecule has 0 bridgehead atoms. The van der Waals surface area contributed by atoms with E-state index in [4.69, 9.17) is 9.47 Å². The molecule has 1 heterocycles. The molecule has 0 saturated carbocycles. The van der Waals surface area contributed by atoms with E-state index in [1.807, 2.05) is 32.9 Å². The van der Waals surface area contributed by atoms with E-state index in [0.717, 1.165) is 17.5 Å². The van der Waals surface area contributed by atoms with Gasteiger partial charge in [-0.05, 0) is 43.0 Å². The number of aliphatic hydroxyl groups is 1. The molecule has 0 aromatic heterocycles. The van der Waals surface area contributed by atoms with Gasteiger partial charge in [0.1, 0.15) is 0 Å². The van der Waals surface area contributed by atoms with Crippen molar-refractivity contribution in [2.45, 2.75) is 57.7 Å². The van der Waals surface area contributed by atoms with Crippen molar-refractivity contribution >= 4 is 5.78 Å². The second kappa shape index (κ2) is 5.62. The fourth-order valence-corrected chi connectivity index (χ4v) is 4.56. The Bertz CT molecular complexity index is 706. The van der Waals surface area contributed by atoms with Gasteiger partial charge in [-0.1, -0.05) is 33.3 Å². The maximum absolute atomic E-state index is 12.7. The molecule has 2 aliphatic rings. The molecule has 0 amide bonds. The average molecular weight is 330 g/mol. The van der Waals surface area contributed by atoms with Crippen LogP contribution in [-0.4, -0.2) is 29.7 Å². The highest BCUT2D eigenvalue weighted by Crippen LogP contribution is 2.59. The molecule has 4 nitrogen and oxygen atoms in total. The highest BCUT2D eigenvalue weighted by Gasteiger charge is 2.65. The third-order valence-corrected chi connectivity index (χ3v) is 5.68. The third-order valence-electron chi connectivity index (χ3n) is 5.68. The number of hydrogen-bond donors (Lipinski definition) is 1. The standard InChI is InChI=1S/C20H26O4/c1-6-10-19-16-13(4)7-8-15(23-5)17(16)24-18(19)14(21)9-11-20(19,22)12(2)3/h7-9,11-12,18,22H,6,10H2,1-5H3. The van der Waals surface area contributed by atoms with Gasteiger partial charge >= 0.3 is 0 Å². The van der Waals surface area contributed by atoms with Gasteiger partial charge in [-0.25, -0.2) is 0 Å². The molecule has 1 aliphatic heterocycles. The number of carbonyl (C=O) groups is 1. The van der Waals surface area contributed by atoms with Crippen LogP contribution < -0.4 is 9.47 Å². The predicted octanol–water partition coefficient (Wildman–Crippen LogP) is 3.33. The zero-order chi connectivity index (χ0) is 17.7. The van der Waals surface area contributed by atoms with Gasteiger partial charge in [-0.3, -0.25) is 4.79 Å². The first kappa shape index (κ1) is 17.0. The average Bonchev–Trinajstić information content (AvgIpc) is 2.90. The van der Waals surface area contributed by atoms with Gasteiger partial charge in [0.25, 0.3) is 0 Å². The molecule has 0 fully saturated rings. The Kier molecular flexibility index (Phi) is 3.99. The first-order valence-electron chi connectivity index (χ1n) is 8.63. The van der Waals surface area contributed by atoms with Crippen LogP contribution in [0.5, 0.6) is 11.5 Å². The first-order valence-corrected chi connectivity index (χ1v) is 8.63. The molecule has 0 saturated heterocycles. The number of benzene rings is 1. The maximum atomic E-state index is 12.7. The molecule has 24 heavy (non-hydrogen) atoms. The fraction of sp³-hybridized carbons (Fsp3) is 0.550. The summed E-state index contributed by atoms with van der Waals surface area (Å²) in [6.45, 7) is 8.05. The van der Waals surface area contributed by atoms with E-state index in [1.165, 1.54) is 6.08 Å². The van der Waals surface area contributed by atoms with E-state index in [1.54, 1.807) is 13.2 Å². The minimum atomic E-state index is -1.15. The van der Waals surface area contributed by atoms with Gasteiger partial charge in [0.2, 0.25) is 0 Å². The predicted molar refractivity (Wildman–Crippen MR) is 92.7 cm³/mol. The molecule has 3 rings (SSSR count). The number of ether oxygens (including phenoxy) is 2. The summed E-state index contributed by atoms with van der Waals surface area (Å²) in [4.78, 5) is 12.7. The molecule has 3 unspecified atom stereocenters. The molecule has 4 heteroatoms. The number of aryl methyl sites for hydroxylation is 1. The molecular weight excluding hydrogens is 304 g/mol. The third kappa shape index (κ3) is 1.92. The molecule has 3 atom stereocenters. The van der Waals surface area contributed by atoms with Crippen molar-refractivity contribution < 1.29 is 19.4 Å². The van der Waals surface area contributed by atoms with E-state index in [9.17, 15) is 9.90 Å². The molecule has 1 aromatic carbocycles. The lowest BCUT2D eigenvalue weighted by Gasteiger charge is -2.50. The van der Waals surface area contributed by atoms with Crippen LogP contribution in [0.3, 0.4) is 0 Å². The van der Waals surface area contributed by atoms with Crippen LogP contribution in [0.4, 0.5) is 0 Å². The molecule has 1 aliphatic carbocycles. The monoisotopic (exact) mass is 330 g/mol. The van der Waals surface area contributed by atoms with Gasteiger partial charge in [0.05, 0.1) is 18.1 Å². The molecule has 1 N–H and O–H groups in total. The summed E-state index contributed by atoms with van der Waals surface area (Å²) in [6.07, 6.45) is 3.96. The van der Waals surface area contributed by atoms with Crippen molar-refractivity contribution in [3.63, 3.8) is 0 Å². The van der Waals surface area contributed by atoms with Crippen LogP contribution in [0.15, 0.2) is 24.3 Å². The lowest BCUT2D eigenvalue weighted by atomic mass is 9.55. The Morgan fingerprint density at radius 2 is 2.08 bits per heavy atom. The van der Waals surface area contributed by atoms with Crippen molar-refractivity contribution in [2.24, 2.45) is 5.92 Å². The largest absolute Gasteiger partial charge is 0.493 e. The van der Waals surface area contributed by atoms with E-state index in [-0.39, 0.29) is 11.7 Å². The van der Waals surface area contributed by atoms with E-state index in [0.29, 0.717) is 17.9 Å². The van der Waals surface area contributed by atoms with E-state index < -0.39 is 17.1 Å². The Hall–Kier alpha value is -1.81. The Labute approximate surface area is 143 Å². The molecular formula is C20H26O4. The molecule has 0 radical (unpaired) electrons. The number of carbonyl (C=O) groups excluding carboxylic acids is 1. The van der Waals surface area contributed by atoms with Gasteiger partial charge in [-0.2, -0.15) is 0 Å². The number of fused-ring (bicyclic) bond motifs is 3. The topological polar surface area (TPSA) is 55.8 Å². The summed E-state index contributed by atoms with van der Waals surface area (Å²) < 4.78 is 11.6. The lowest BCUT2D eigenvalue weighted by molar-refractivity contribution is -0.135. The Morgan fingerprint density at radius 3 is 2.67 bits per heavy atom. The van der Waals surface area contributed by atoms with Gasteiger partial charge in [0.15, 0.2) is 23.4 Å². The van der Waals surface area contributed by atoms with Crippen molar-refractivity contribution in [3.8, 4) is 11.5 Å². The minimum Gasteiger partial charge on any atom is -0.493 e. The van der Waals surface area contributed by atoms with E-state index >= 15 is 0 Å². The van der Waals surface area contributed by atoms with E-state index in [2.05, 4.69) is 6.92 Å². The maximum Gasteiger partial charge on any atom is 0.196 e. The van der Waals surface area contributed by atoms with Crippen molar-refractivity contribution in [3.05, 3.63) is 35.4 Å². The van der Waals surface area contributed by atoms with Crippen molar-refractivity contribution in [1.29, 1.82) is 0 Å². The Morgan fingerprint density at radius 1 is 1.38 bits per heavy atom. The highest BCUT2D eigenvalue weighted by atomic mass is 16.5. The van der Waals surface area contributed by atoms with Crippen LogP contribution in [-0.2, 0) is 10.2 Å². The normalized spacial score (nSPS) is 31.0. The van der Waals surface area contributed by atoms with Crippen LogP contribution >= 0.6 is 0 Å². The van der Waals surface area contributed by atoms with Crippen LogP contribution in [0, 0.1) is 12.8 Å². The number of ketones is 1. The summed E-state index contributed by atoms with van der Waals surface area (Å²) in [5, 5.41) is 11.7. The van der Waals surface area contributed by atoms with Crippen molar-refractivity contribution in [1.82, 2.24) is 0 Å². The molecule has 0 spiro atoms. The first-order chi connectivity index (χ1) is 11.3. The lowest BCUT2D eigenvalue weighted by Crippen LogP contribution is -2.63. The summed E-state index contributed by atoms with van der Waals surface area (Å²) in [5.74, 6) is 1.06. The van der Waals surface area contributed by atoms with Crippen LogP contribution in [0.1, 0.15) is 44.7 Å². The minimum absolute atomic E-state index is 0.0592. The summed E-state index contributed by atoms with van der Waals surface area (Å²) in [6, 6.07) is 3.84. The fourth-order valence-electron chi connectivity index (χ4n) is 4.56. The second-order valence-corrected chi connectivity index (χ2v) is 7.22. The molecule has 1 aromatic rings. The second-order valence-electron chi connectivity index (χ2n) is 7.22. The summed E-state index contributed by atoms with van der Waals surface area (Å²) >= 11 is 0. The number of rotatable bonds is 4. The zero-order valence-corrected chi connectivity index (χ0v) is 15.1. The summed E-state index contributed by atoms with van der Waals surface area (Å²) in [5.41, 5.74) is 0.00571. The highest BCUT2D eigenvalue weighted by molar-refractivity contribution is 5.98. The SMILES string of the molecule is CCCC12c3c(C)ccc(OC)c3OC1C(=O)C=CC2(O)C(C)C. The number of methoxy groups -OCH3 is 1. The molecule has 130 valence electrons. The van der Waals surface area contributed by atoms with Crippen LogP contribution in [0.25, 0.3) is 0 Å². The Balaban J connectivity index is 2.38. The van der Waals surface area contributed by atoms with Gasteiger partial charge in [0, 0.05) is 5.56 Å². The van der Waals surface area contributed by atoms with Gasteiger partial charge in [-0.15, -0.1) is 0 Å². The smallest absolute Gasteiger partial charge is 0.196 e. The number of hydrogen-bond acceptors (Lipinski definition) is 4. The quantitative estimate of drug-likeness (QED) is 0.920. The zero-order valence-electron chi connectivity index (χ0n) is 15.1. The van der Waals surface area contributed by atoms with Gasteiger partial charge < -0.3 is 14.6 Å².